The molecule has 0 aliphatic carbocycles. The van der Waals surface area contributed by atoms with Gasteiger partial charge in [-0.1, -0.05) is 6.07 Å². The highest BCUT2D eigenvalue weighted by molar-refractivity contribution is 7.91. The molecule has 1 aromatic heterocycles. The number of nitrogens with one attached hydrogen (secondary N) is 2. The first kappa shape index (κ1) is 20.1. The molecule has 0 bridgehead atoms. The zero-order valence-electron chi connectivity index (χ0n) is 14.2. The average molecular weight is 398 g/mol. The Balaban J connectivity index is 2.24. The molecule has 1 heterocycles. The van der Waals surface area contributed by atoms with Crippen molar-refractivity contribution in [2.45, 2.75) is 30.0 Å². The lowest BCUT2D eigenvalue weighted by Gasteiger charge is -2.17. The van der Waals surface area contributed by atoms with Gasteiger partial charge in [-0.15, -0.1) is 11.3 Å². The number of amides is 2. The van der Waals surface area contributed by atoms with E-state index in [1.165, 1.54) is 23.5 Å². The van der Waals surface area contributed by atoms with E-state index >= 15 is 0 Å². The molecule has 0 unspecified atom stereocenters. The fourth-order valence-corrected chi connectivity index (χ4v) is 5.00. The molecule has 140 valence electrons. The molecule has 0 fully saturated rings. The summed E-state index contributed by atoms with van der Waals surface area (Å²) in [5.41, 5.74) is 0. The van der Waals surface area contributed by atoms with E-state index in [-0.39, 0.29) is 17.5 Å². The second-order valence-electron chi connectivity index (χ2n) is 5.84. The third-order valence-electron chi connectivity index (χ3n) is 3.45. The van der Waals surface area contributed by atoms with Crippen LogP contribution in [0.1, 0.15) is 24.0 Å². The molecule has 6 nitrogen and oxygen atoms in total. The number of thiophene rings is 1. The van der Waals surface area contributed by atoms with Crippen molar-refractivity contribution in [2.75, 3.05) is 6.54 Å². The first-order valence-corrected chi connectivity index (χ1v) is 10.3. The number of sulfone groups is 1. The van der Waals surface area contributed by atoms with E-state index < -0.39 is 32.7 Å². The molecule has 9 heteroatoms. The lowest BCUT2D eigenvalue weighted by molar-refractivity contribution is -0.139. The average Bonchev–Trinajstić information content (AvgIpc) is 3.08. The highest BCUT2D eigenvalue weighted by atomic mass is 32.2. The first-order chi connectivity index (χ1) is 12.2. The van der Waals surface area contributed by atoms with Gasteiger partial charge in [-0.25, -0.2) is 12.8 Å². The maximum absolute atomic E-state index is 13.1. The smallest absolute Gasteiger partial charge is 0.309 e. The molecule has 0 aliphatic heterocycles. The zero-order valence-corrected chi connectivity index (χ0v) is 15.9. The molecule has 0 saturated heterocycles. The summed E-state index contributed by atoms with van der Waals surface area (Å²) >= 11 is 1.22. The van der Waals surface area contributed by atoms with E-state index in [0.717, 1.165) is 12.1 Å². The van der Waals surface area contributed by atoms with Crippen molar-refractivity contribution in [2.24, 2.45) is 0 Å². The Morgan fingerprint density at radius 3 is 2.31 bits per heavy atom. The van der Waals surface area contributed by atoms with Gasteiger partial charge in [0.05, 0.1) is 4.90 Å². The lowest BCUT2D eigenvalue weighted by atomic mass is 10.3. The third-order valence-corrected chi connectivity index (χ3v) is 6.69. The number of benzene rings is 1. The van der Waals surface area contributed by atoms with Crippen LogP contribution in [0, 0.1) is 5.82 Å². The molecule has 1 aromatic carbocycles. The van der Waals surface area contributed by atoms with Crippen LogP contribution in [0.5, 0.6) is 0 Å². The zero-order chi connectivity index (χ0) is 19.3. The van der Waals surface area contributed by atoms with Crippen LogP contribution in [0.15, 0.2) is 46.7 Å². The van der Waals surface area contributed by atoms with Gasteiger partial charge in [0.25, 0.3) is 0 Å². The number of rotatable bonds is 6. The number of hydrogen-bond acceptors (Lipinski definition) is 5. The Morgan fingerprint density at radius 1 is 1.12 bits per heavy atom. The molecule has 26 heavy (non-hydrogen) atoms. The summed E-state index contributed by atoms with van der Waals surface area (Å²) in [6.45, 7) is 3.14. The van der Waals surface area contributed by atoms with Crippen LogP contribution in [0.2, 0.25) is 0 Å². The van der Waals surface area contributed by atoms with E-state index in [1.807, 2.05) is 0 Å². The molecular weight excluding hydrogens is 379 g/mol. The normalized spacial score (nSPS) is 12.6. The van der Waals surface area contributed by atoms with Crippen molar-refractivity contribution in [3.05, 3.63) is 52.5 Å². The van der Waals surface area contributed by atoms with Gasteiger partial charge in [-0.2, -0.15) is 0 Å². The molecule has 2 N–H and O–H groups in total. The van der Waals surface area contributed by atoms with Gasteiger partial charge in [-0.3, -0.25) is 9.59 Å². The maximum Gasteiger partial charge on any atom is 0.309 e. The Kier molecular flexibility index (Phi) is 6.49. The predicted molar refractivity (Wildman–Crippen MR) is 96.9 cm³/mol. The van der Waals surface area contributed by atoms with E-state index in [1.54, 1.807) is 31.4 Å². The summed E-state index contributed by atoms with van der Waals surface area (Å²) in [4.78, 5) is 24.1. The van der Waals surface area contributed by atoms with Crippen LogP contribution in [0.4, 0.5) is 4.39 Å². The SMILES string of the molecule is CC(C)NC(=O)C(=O)NC[C@@H](c1cccs1)S(=O)(=O)c1ccc(F)cc1. The molecule has 0 saturated carbocycles. The minimum atomic E-state index is -3.89. The van der Waals surface area contributed by atoms with Crippen LogP contribution in [-0.2, 0) is 19.4 Å². The van der Waals surface area contributed by atoms with Gasteiger partial charge in [0.1, 0.15) is 11.1 Å². The predicted octanol–water partition coefficient (Wildman–Crippen LogP) is 2.04. The van der Waals surface area contributed by atoms with Crippen LogP contribution >= 0.6 is 11.3 Å². The van der Waals surface area contributed by atoms with Crippen molar-refractivity contribution >= 4 is 33.0 Å². The number of carbonyl (C=O) groups is 2. The molecule has 2 rings (SSSR count). The summed E-state index contributed by atoms with van der Waals surface area (Å²) in [5, 5.41) is 5.44. The van der Waals surface area contributed by atoms with Gasteiger partial charge in [0.15, 0.2) is 9.84 Å². The van der Waals surface area contributed by atoms with E-state index in [0.29, 0.717) is 4.88 Å². The third kappa shape index (κ3) is 4.89. The molecular formula is C17H19FN2O4S2. The fraction of sp³-hybridized carbons (Fsp3) is 0.294. The molecule has 2 aromatic rings. The van der Waals surface area contributed by atoms with Crippen molar-refractivity contribution in [1.29, 1.82) is 0 Å². The van der Waals surface area contributed by atoms with Crippen molar-refractivity contribution in [3.63, 3.8) is 0 Å². The van der Waals surface area contributed by atoms with Crippen molar-refractivity contribution in [3.8, 4) is 0 Å². The van der Waals surface area contributed by atoms with E-state index in [9.17, 15) is 22.4 Å². The summed E-state index contributed by atoms with van der Waals surface area (Å²) < 4.78 is 39.0. The van der Waals surface area contributed by atoms with Gasteiger partial charge in [-0.05, 0) is 49.6 Å². The van der Waals surface area contributed by atoms with Crippen LogP contribution in [0.25, 0.3) is 0 Å². The van der Waals surface area contributed by atoms with E-state index in [4.69, 9.17) is 0 Å². The van der Waals surface area contributed by atoms with E-state index in [2.05, 4.69) is 10.6 Å². The van der Waals surface area contributed by atoms with Gasteiger partial charge in [0.2, 0.25) is 0 Å². The quantitative estimate of drug-likeness (QED) is 0.575. The highest BCUT2D eigenvalue weighted by Crippen LogP contribution is 2.31. The Bertz CT molecular complexity index is 863. The maximum atomic E-state index is 13.1. The van der Waals surface area contributed by atoms with Crippen LogP contribution in [-0.4, -0.2) is 32.8 Å². The summed E-state index contributed by atoms with van der Waals surface area (Å²) in [6.07, 6.45) is 0. The van der Waals surface area contributed by atoms with Gasteiger partial charge >= 0.3 is 11.8 Å². The number of carbonyl (C=O) groups excluding carboxylic acids is 2. The summed E-state index contributed by atoms with van der Waals surface area (Å²) in [7, 11) is -3.89. The fourth-order valence-electron chi connectivity index (χ4n) is 2.22. The van der Waals surface area contributed by atoms with Crippen LogP contribution in [0.3, 0.4) is 0 Å². The largest absolute Gasteiger partial charge is 0.346 e. The topological polar surface area (TPSA) is 92.3 Å². The number of hydrogen-bond donors (Lipinski definition) is 2. The summed E-state index contributed by atoms with van der Waals surface area (Å²) in [6, 6.07) is 7.60. The standard InChI is InChI=1S/C17H19FN2O4S2/c1-11(2)20-17(22)16(21)19-10-15(14-4-3-9-25-14)26(23,24)13-7-5-12(18)6-8-13/h3-9,11,15H,10H2,1-2H3,(H,19,21)(H,20,22)/t15-/m0/s1. The van der Waals surface area contributed by atoms with Crippen molar-refractivity contribution < 1.29 is 22.4 Å². The lowest BCUT2D eigenvalue weighted by Crippen LogP contribution is -2.44. The van der Waals surface area contributed by atoms with Gasteiger partial charge < -0.3 is 10.6 Å². The second-order valence-corrected chi connectivity index (χ2v) is 8.95. The molecule has 0 radical (unpaired) electrons. The first-order valence-electron chi connectivity index (χ1n) is 7.83. The Hall–Kier alpha value is -2.26. The molecule has 0 spiro atoms. The Morgan fingerprint density at radius 2 is 1.77 bits per heavy atom. The minimum absolute atomic E-state index is 0.0572. The minimum Gasteiger partial charge on any atom is -0.346 e. The van der Waals surface area contributed by atoms with Crippen molar-refractivity contribution in [1.82, 2.24) is 10.6 Å². The van der Waals surface area contributed by atoms with Gasteiger partial charge in [0, 0.05) is 17.5 Å². The molecule has 0 aliphatic rings. The highest BCUT2D eigenvalue weighted by Gasteiger charge is 2.31. The molecule has 2 amide bonds. The Labute approximate surface area is 155 Å². The summed E-state index contributed by atoms with van der Waals surface area (Å²) in [5.74, 6) is -2.28. The molecule has 1 atom stereocenters. The second kappa shape index (κ2) is 8.41. The monoisotopic (exact) mass is 398 g/mol. The van der Waals surface area contributed by atoms with Crippen LogP contribution < -0.4 is 10.6 Å². The number of halogens is 1.